The van der Waals surface area contributed by atoms with Gasteiger partial charge in [-0.3, -0.25) is 0 Å². The zero-order chi connectivity index (χ0) is 12.0. The van der Waals surface area contributed by atoms with Crippen molar-refractivity contribution in [3.63, 3.8) is 0 Å². The van der Waals surface area contributed by atoms with Crippen LogP contribution >= 0.6 is 0 Å². The molecule has 96 valence electrons. The standard InChI is InChI=1S/C12H25NO2S/c1-3-10-13-11-8-6-5-7-9-12(11)16(14,15)4-2/h11-13H,3-10H2,1-2H3. The quantitative estimate of drug-likeness (QED) is 0.757. The van der Waals surface area contributed by atoms with E-state index < -0.39 is 9.84 Å². The third-order valence-electron chi connectivity index (χ3n) is 3.47. The topological polar surface area (TPSA) is 46.2 Å². The summed E-state index contributed by atoms with van der Waals surface area (Å²) in [6, 6.07) is 0.187. The van der Waals surface area contributed by atoms with Crippen molar-refractivity contribution < 1.29 is 8.42 Å². The molecule has 2 atom stereocenters. The Bertz CT molecular complexity index is 287. The normalized spacial score (nSPS) is 27.6. The lowest BCUT2D eigenvalue weighted by atomic mass is 10.1. The van der Waals surface area contributed by atoms with E-state index in [1.54, 1.807) is 6.92 Å². The molecule has 0 amide bonds. The fraction of sp³-hybridized carbons (Fsp3) is 1.00. The van der Waals surface area contributed by atoms with Crippen LogP contribution in [-0.2, 0) is 9.84 Å². The van der Waals surface area contributed by atoms with E-state index in [1.807, 2.05) is 0 Å². The minimum Gasteiger partial charge on any atom is -0.313 e. The predicted molar refractivity (Wildman–Crippen MR) is 68.4 cm³/mol. The number of hydrogen-bond donors (Lipinski definition) is 1. The highest BCUT2D eigenvalue weighted by Gasteiger charge is 2.32. The SMILES string of the molecule is CCCNC1CCCCCC1S(=O)(=O)CC. The molecule has 0 bridgehead atoms. The fourth-order valence-corrected chi connectivity index (χ4v) is 4.17. The number of sulfone groups is 1. The lowest BCUT2D eigenvalue weighted by molar-refractivity contribution is 0.450. The Hall–Kier alpha value is -0.0900. The van der Waals surface area contributed by atoms with E-state index in [1.165, 1.54) is 6.42 Å². The second-order valence-corrected chi connectivity index (χ2v) is 7.20. The molecule has 0 heterocycles. The molecule has 0 spiro atoms. The molecular weight excluding hydrogens is 222 g/mol. The van der Waals surface area contributed by atoms with E-state index in [0.29, 0.717) is 0 Å². The van der Waals surface area contributed by atoms with Gasteiger partial charge in [0.05, 0.1) is 5.25 Å². The largest absolute Gasteiger partial charge is 0.313 e. The molecule has 0 aromatic heterocycles. The summed E-state index contributed by atoms with van der Waals surface area (Å²) >= 11 is 0. The van der Waals surface area contributed by atoms with Crippen LogP contribution in [0.1, 0.15) is 52.4 Å². The third-order valence-corrected chi connectivity index (χ3v) is 5.76. The van der Waals surface area contributed by atoms with Gasteiger partial charge in [-0.25, -0.2) is 8.42 Å². The fourth-order valence-electron chi connectivity index (χ4n) is 2.48. The van der Waals surface area contributed by atoms with Crippen molar-refractivity contribution in [1.82, 2.24) is 5.32 Å². The number of nitrogens with one attached hydrogen (secondary N) is 1. The van der Waals surface area contributed by atoms with Crippen molar-refractivity contribution in [1.29, 1.82) is 0 Å². The predicted octanol–water partition coefficient (Wildman–Crippen LogP) is 2.12. The maximum Gasteiger partial charge on any atom is 0.154 e. The zero-order valence-corrected chi connectivity index (χ0v) is 11.4. The summed E-state index contributed by atoms with van der Waals surface area (Å²) in [6.45, 7) is 4.81. The molecule has 0 aromatic rings. The Morgan fingerprint density at radius 2 is 1.81 bits per heavy atom. The van der Waals surface area contributed by atoms with Gasteiger partial charge in [0.1, 0.15) is 0 Å². The molecule has 1 saturated carbocycles. The van der Waals surface area contributed by atoms with Crippen molar-refractivity contribution in [3.8, 4) is 0 Å². The Morgan fingerprint density at radius 3 is 2.44 bits per heavy atom. The summed E-state index contributed by atoms with van der Waals surface area (Å²) in [5.74, 6) is 0.280. The highest BCUT2D eigenvalue weighted by Crippen LogP contribution is 2.24. The van der Waals surface area contributed by atoms with E-state index in [-0.39, 0.29) is 17.0 Å². The van der Waals surface area contributed by atoms with Crippen LogP contribution in [0.4, 0.5) is 0 Å². The first-order chi connectivity index (χ1) is 7.61. The Labute approximate surface area is 99.9 Å². The molecule has 0 aromatic carbocycles. The zero-order valence-electron chi connectivity index (χ0n) is 10.5. The molecule has 3 nitrogen and oxygen atoms in total. The van der Waals surface area contributed by atoms with Crippen LogP contribution in [-0.4, -0.2) is 32.0 Å². The van der Waals surface area contributed by atoms with Crippen molar-refractivity contribution >= 4 is 9.84 Å². The van der Waals surface area contributed by atoms with Gasteiger partial charge in [-0.1, -0.05) is 33.1 Å². The average Bonchev–Trinajstić information content (AvgIpc) is 2.51. The van der Waals surface area contributed by atoms with Crippen LogP contribution in [0.2, 0.25) is 0 Å². The summed E-state index contributed by atoms with van der Waals surface area (Å²) in [5.41, 5.74) is 0. The summed E-state index contributed by atoms with van der Waals surface area (Å²) < 4.78 is 24.1. The Kier molecular flexibility index (Phi) is 5.76. The molecule has 1 aliphatic rings. The van der Waals surface area contributed by atoms with Crippen molar-refractivity contribution in [2.24, 2.45) is 0 Å². The van der Waals surface area contributed by atoms with Crippen LogP contribution in [0.3, 0.4) is 0 Å². The summed E-state index contributed by atoms with van der Waals surface area (Å²) in [4.78, 5) is 0. The average molecular weight is 247 g/mol. The summed E-state index contributed by atoms with van der Waals surface area (Å²) in [5, 5.41) is 3.28. The summed E-state index contributed by atoms with van der Waals surface area (Å²) in [7, 11) is -2.89. The first-order valence-corrected chi connectivity index (χ1v) is 8.28. The van der Waals surface area contributed by atoms with Gasteiger partial charge in [0, 0.05) is 11.8 Å². The molecule has 1 fully saturated rings. The van der Waals surface area contributed by atoms with E-state index >= 15 is 0 Å². The maximum atomic E-state index is 12.0. The van der Waals surface area contributed by atoms with E-state index in [9.17, 15) is 8.42 Å². The van der Waals surface area contributed by atoms with Crippen LogP contribution in [0, 0.1) is 0 Å². The highest BCUT2D eigenvalue weighted by atomic mass is 32.2. The molecule has 0 radical (unpaired) electrons. The molecule has 16 heavy (non-hydrogen) atoms. The first kappa shape index (κ1) is 14.0. The Morgan fingerprint density at radius 1 is 1.12 bits per heavy atom. The number of hydrogen-bond acceptors (Lipinski definition) is 3. The van der Waals surface area contributed by atoms with Gasteiger partial charge < -0.3 is 5.32 Å². The van der Waals surface area contributed by atoms with E-state index in [4.69, 9.17) is 0 Å². The molecule has 1 aliphatic carbocycles. The van der Waals surface area contributed by atoms with Gasteiger partial charge in [0.15, 0.2) is 9.84 Å². The van der Waals surface area contributed by atoms with E-state index in [2.05, 4.69) is 12.2 Å². The second kappa shape index (κ2) is 6.60. The second-order valence-electron chi connectivity index (χ2n) is 4.69. The van der Waals surface area contributed by atoms with Crippen LogP contribution in [0.5, 0.6) is 0 Å². The third kappa shape index (κ3) is 3.74. The molecule has 0 aliphatic heterocycles. The van der Waals surface area contributed by atoms with Gasteiger partial charge in [-0.2, -0.15) is 0 Å². The van der Waals surface area contributed by atoms with Crippen molar-refractivity contribution in [3.05, 3.63) is 0 Å². The van der Waals surface area contributed by atoms with Gasteiger partial charge in [-0.05, 0) is 25.8 Å². The maximum absolute atomic E-state index is 12.0. The van der Waals surface area contributed by atoms with E-state index in [0.717, 1.165) is 38.6 Å². The van der Waals surface area contributed by atoms with Gasteiger partial charge >= 0.3 is 0 Å². The van der Waals surface area contributed by atoms with Gasteiger partial charge in [-0.15, -0.1) is 0 Å². The molecular formula is C12H25NO2S. The molecule has 4 heteroatoms. The molecule has 0 saturated heterocycles. The lowest BCUT2D eigenvalue weighted by Crippen LogP contribution is -2.44. The minimum atomic E-state index is -2.89. The smallest absolute Gasteiger partial charge is 0.154 e. The minimum absolute atomic E-state index is 0.147. The summed E-state index contributed by atoms with van der Waals surface area (Å²) in [6.07, 6.45) is 6.34. The number of rotatable bonds is 5. The van der Waals surface area contributed by atoms with Gasteiger partial charge in [0.2, 0.25) is 0 Å². The van der Waals surface area contributed by atoms with Crippen LogP contribution in [0.25, 0.3) is 0 Å². The van der Waals surface area contributed by atoms with Crippen LogP contribution < -0.4 is 5.32 Å². The lowest BCUT2D eigenvalue weighted by Gasteiger charge is -2.25. The van der Waals surface area contributed by atoms with Crippen molar-refractivity contribution in [2.45, 2.75) is 63.7 Å². The van der Waals surface area contributed by atoms with Crippen molar-refractivity contribution in [2.75, 3.05) is 12.3 Å². The highest BCUT2D eigenvalue weighted by molar-refractivity contribution is 7.92. The molecule has 1 N–H and O–H groups in total. The Balaban J connectivity index is 2.73. The van der Waals surface area contributed by atoms with Gasteiger partial charge in [0.25, 0.3) is 0 Å². The first-order valence-electron chi connectivity index (χ1n) is 6.56. The van der Waals surface area contributed by atoms with Crippen LogP contribution in [0.15, 0.2) is 0 Å². The molecule has 1 rings (SSSR count). The monoisotopic (exact) mass is 247 g/mol. The molecule has 2 unspecified atom stereocenters.